The van der Waals surface area contributed by atoms with Gasteiger partial charge in [-0.25, -0.2) is 14.6 Å². The fourth-order valence-electron chi connectivity index (χ4n) is 3.76. The van der Waals surface area contributed by atoms with Gasteiger partial charge in [0.15, 0.2) is 5.65 Å². The number of alkyl halides is 3. The third kappa shape index (κ3) is 3.08. The van der Waals surface area contributed by atoms with Crippen LogP contribution < -0.4 is 9.64 Å². The fraction of sp³-hybridized carbons (Fsp3) is 0.0909. The van der Waals surface area contributed by atoms with Gasteiger partial charge in [0, 0.05) is 18.8 Å². The Kier molecular flexibility index (Phi) is 4.26. The van der Waals surface area contributed by atoms with Crippen LogP contribution in [0.3, 0.4) is 0 Å². The maximum Gasteiger partial charge on any atom is 0.573 e. The highest BCUT2D eigenvalue weighted by molar-refractivity contribution is 6.38. The third-order valence-corrected chi connectivity index (χ3v) is 5.08. The Labute approximate surface area is 178 Å². The number of hydrogen-bond donors (Lipinski definition) is 0. The van der Waals surface area contributed by atoms with Gasteiger partial charge in [-0.3, -0.25) is 9.59 Å². The number of hydrogen-bond acceptors (Lipinski definition) is 5. The van der Waals surface area contributed by atoms with Gasteiger partial charge >= 0.3 is 6.36 Å². The van der Waals surface area contributed by atoms with Crippen LogP contribution in [-0.4, -0.2) is 32.9 Å². The molecule has 4 aromatic rings. The van der Waals surface area contributed by atoms with Gasteiger partial charge in [-0.1, -0.05) is 30.3 Å². The number of rotatable bonds is 3. The molecule has 1 aliphatic heterocycles. The zero-order valence-electron chi connectivity index (χ0n) is 16.4. The molecule has 0 saturated heterocycles. The number of ether oxygens (including phenoxy) is 1. The molecule has 0 radical (unpaired) electrons. The largest absolute Gasteiger partial charge is 0.573 e. The van der Waals surface area contributed by atoms with E-state index in [1.54, 1.807) is 7.05 Å². The number of anilines is 1. The first-order valence-corrected chi connectivity index (χ1v) is 9.40. The quantitative estimate of drug-likeness (QED) is 0.445. The molecule has 2 aromatic carbocycles. The Hall–Kier alpha value is -4.21. The van der Waals surface area contributed by atoms with Crippen LogP contribution in [0.15, 0.2) is 60.8 Å². The Morgan fingerprint density at radius 3 is 2.28 bits per heavy atom. The highest BCUT2D eigenvalue weighted by atomic mass is 19.4. The molecule has 0 atom stereocenters. The number of aromatic nitrogens is 3. The highest BCUT2D eigenvalue weighted by Crippen LogP contribution is 2.37. The van der Waals surface area contributed by atoms with Crippen LogP contribution in [0, 0.1) is 0 Å². The maximum atomic E-state index is 13.4. The first-order chi connectivity index (χ1) is 15.2. The number of fused-ring (bicyclic) bond motifs is 3. The number of pyridine rings is 1. The molecule has 32 heavy (non-hydrogen) atoms. The van der Waals surface area contributed by atoms with Crippen LogP contribution in [0.25, 0.3) is 22.3 Å². The van der Waals surface area contributed by atoms with Gasteiger partial charge in [-0.2, -0.15) is 5.10 Å². The van der Waals surface area contributed by atoms with E-state index >= 15 is 0 Å². The van der Waals surface area contributed by atoms with Gasteiger partial charge in [0.25, 0.3) is 11.8 Å². The van der Waals surface area contributed by atoms with Crippen LogP contribution in [-0.2, 0) is 7.05 Å². The Morgan fingerprint density at radius 1 is 0.938 bits per heavy atom. The van der Waals surface area contributed by atoms with Crippen molar-refractivity contribution in [3.63, 3.8) is 0 Å². The first kappa shape index (κ1) is 19.7. The minimum Gasteiger partial charge on any atom is -0.406 e. The van der Waals surface area contributed by atoms with Crippen molar-refractivity contribution in [3.8, 4) is 17.0 Å². The maximum absolute atomic E-state index is 13.4. The topological polar surface area (TPSA) is 77.3 Å². The molecule has 2 aromatic heterocycles. The molecule has 2 amide bonds. The van der Waals surface area contributed by atoms with Crippen LogP contribution in [0.1, 0.15) is 20.7 Å². The van der Waals surface area contributed by atoms with Crippen LogP contribution in [0.5, 0.6) is 5.75 Å². The zero-order chi connectivity index (χ0) is 22.6. The zero-order valence-corrected chi connectivity index (χ0v) is 16.4. The SMILES string of the molecule is Cn1nc(-c2ccccc2)c2c3c(cnc21)C(=O)N(c1ccc(OC(F)(F)F)cc1)C3=O. The van der Waals surface area contributed by atoms with E-state index in [-0.39, 0.29) is 16.8 Å². The van der Waals surface area contributed by atoms with Crippen molar-refractivity contribution in [1.29, 1.82) is 0 Å². The molecule has 160 valence electrons. The summed E-state index contributed by atoms with van der Waals surface area (Å²) in [4.78, 5) is 31.6. The third-order valence-electron chi connectivity index (χ3n) is 5.08. The Morgan fingerprint density at radius 2 is 1.62 bits per heavy atom. The Balaban J connectivity index is 1.62. The summed E-state index contributed by atoms with van der Waals surface area (Å²) in [5, 5.41) is 4.93. The molecule has 0 unspecified atom stereocenters. The molecule has 5 rings (SSSR count). The minimum absolute atomic E-state index is 0.100. The van der Waals surface area contributed by atoms with Crippen LogP contribution >= 0.6 is 0 Å². The molecule has 0 bridgehead atoms. The van der Waals surface area contributed by atoms with E-state index in [0.717, 1.165) is 22.6 Å². The number of imide groups is 1. The van der Waals surface area contributed by atoms with Gasteiger partial charge < -0.3 is 4.74 Å². The number of halogens is 3. The number of nitrogens with zero attached hydrogens (tertiary/aromatic N) is 4. The second kappa shape index (κ2) is 6.91. The van der Waals surface area contributed by atoms with Crippen molar-refractivity contribution in [2.24, 2.45) is 7.05 Å². The number of aryl methyl sites for hydroxylation is 1. The fourth-order valence-corrected chi connectivity index (χ4v) is 3.76. The predicted octanol–water partition coefficient (Wildman–Crippen LogP) is 4.33. The van der Waals surface area contributed by atoms with Crippen molar-refractivity contribution in [3.05, 3.63) is 71.9 Å². The van der Waals surface area contributed by atoms with E-state index < -0.39 is 23.9 Å². The second-order valence-electron chi connectivity index (χ2n) is 7.07. The standard InChI is InChI=1S/C22H13F3N4O3/c1-28-19-17(18(27-28)12-5-3-2-4-6-12)16-15(11-26-19)20(30)29(21(16)31)13-7-9-14(10-8-13)32-22(23,24)25/h2-11H,1H3. The molecule has 0 fully saturated rings. The Bertz CT molecular complexity index is 1380. The van der Waals surface area contributed by atoms with Crippen LogP contribution in [0.4, 0.5) is 18.9 Å². The number of amides is 2. The molecule has 0 spiro atoms. The van der Waals surface area contributed by atoms with Gasteiger partial charge in [0.1, 0.15) is 11.4 Å². The number of carbonyl (C=O) groups is 2. The van der Waals surface area contributed by atoms with Gasteiger partial charge in [0.2, 0.25) is 0 Å². The minimum atomic E-state index is -4.84. The molecular formula is C22H13F3N4O3. The summed E-state index contributed by atoms with van der Waals surface area (Å²) < 4.78 is 42.6. The lowest BCUT2D eigenvalue weighted by molar-refractivity contribution is -0.274. The van der Waals surface area contributed by atoms with Crippen molar-refractivity contribution in [2.75, 3.05) is 4.90 Å². The molecule has 0 saturated carbocycles. The average molecular weight is 438 g/mol. The van der Waals surface area contributed by atoms with E-state index in [1.807, 2.05) is 30.3 Å². The summed E-state index contributed by atoms with van der Waals surface area (Å²) in [5.74, 6) is -1.68. The molecule has 0 aliphatic carbocycles. The monoisotopic (exact) mass is 438 g/mol. The molecule has 7 nitrogen and oxygen atoms in total. The van der Waals surface area contributed by atoms with Gasteiger partial charge in [-0.15, -0.1) is 13.2 Å². The lowest BCUT2D eigenvalue weighted by atomic mass is 10.0. The summed E-state index contributed by atoms with van der Waals surface area (Å²) >= 11 is 0. The molecular weight excluding hydrogens is 425 g/mol. The van der Waals surface area contributed by atoms with Crippen molar-refractivity contribution >= 4 is 28.5 Å². The molecule has 10 heteroatoms. The lowest BCUT2D eigenvalue weighted by Crippen LogP contribution is -2.29. The number of carbonyl (C=O) groups excluding carboxylic acids is 2. The summed E-state index contributed by atoms with van der Waals surface area (Å²) in [5.41, 5.74) is 2.06. The first-order valence-electron chi connectivity index (χ1n) is 9.40. The van der Waals surface area contributed by atoms with E-state index in [2.05, 4.69) is 14.8 Å². The summed E-state index contributed by atoms with van der Waals surface area (Å²) in [6.45, 7) is 0. The summed E-state index contributed by atoms with van der Waals surface area (Å²) in [6.07, 6.45) is -3.53. The lowest BCUT2D eigenvalue weighted by Gasteiger charge is -2.15. The van der Waals surface area contributed by atoms with E-state index in [4.69, 9.17) is 0 Å². The average Bonchev–Trinajstić information content (AvgIpc) is 3.22. The van der Waals surface area contributed by atoms with Crippen molar-refractivity contribution in [2.45, 2.75) is 6.36 Å². The predicted molar refractivity (Wildman–Crippen MR) is 108 cm³/mol. The smallest absolute Gasteiger partial charge is 0.406 e. The van der Waals surface area contributed by atoms with E-state index in [1.165, 1.54) is 23.0 Å². The molecule has 1 aliphatic rings. The number of benzene rings is 2. The summed E-state index contributed by atoms with van der Waals surface area (Å²) in [7, 11) is 1.69. The van der Waals surface area contributed by atoms with Gasteiger partial charge in [-0.05, 0) is 24.3 Å². The van der Waals surface area contributed by atoms with Crippen molar-refractivity contribution < 1.29 is 27.5 Å². The van der Waals surface area contributed by atoms with Gasteiger partial charge in [0.05, 0.1) is 22.2 Å². The van der Waals surface area contributed by atoms with Crippen molar-refractivity contribution in [1.82, 2.24) is 14.8 Å². The molecule has 0 N–H and O–H groups in total. The summed E-state index contributed by atoms with van der Waals surface area (Å²) in [6, 6.07) is 13.7. The van der Waals surface area contributed by atoms with E-state index in [0.29, 0.717) is 16.7 Å². The normalized spacial score (nSPS) is 13.7. The molecule has 3 heterocycles. The van der Waals surface area contributed by atoms with Crippen LogP contribution in [0.2, 0.25) is 0 Å². The van der Waals surface area contributed by atoms with E-state index in [9.17, 15) is 22.8 Å². The highest BCUT2D eigenvalue weighted by Gasteiger charge is 2.40. The second-order valence-corrected chi connectivity index (χ2v) is 7.07.